The largest absolute Gasteiger partial charge is 0.352 e. The van der Waals surface area contributed by atoms with Crippen LogP contribution in [0.25, 0.3) is 10.8 Å². The third-order valence-corrected chi connectivity index (χ3v) is 7.90. The number of halogens is 2. The Balaban J connectivity index is 1.55. The topological polar surface area (TPSA) is 49.4 Å². The number of hydrogen-bond acceptors (Lipinski definition) is 2. The number of hydrogen-bond donors (Lipinski definition) is 1. The van der Waals surface area contributed by atoms with E-state index >= 15 is 0 Å². The van der Waals surface area contributed by atoms with Crippen LogP contribution in [0.3, 0.4) is 0 Å². The second-order valence-corrected chi connectivity index (χ2v) is 10.5. The van der Waals surface area contributed by atoms with Crippen molar-refractivity contribution in [1.29, 1.82) is 0 Å². The molecule has 36 heavy (non-hydrogen) atoms. The van der Waals surface area contributed by atoms with E-state index in [-0.39, 0.29) is 17.9 Å². The van der Waals surface area contributed by atoms with Gasteiger partial charge in [-0.2, -0.15) is 0 Å². The number of aryl methyl sites for hydroxylation is 1. The third-order valence-electron chi connectivity index (χ3n) is 7.16. The molecule has 0 saturated heterocycles. The van der Waals surface area contributed by atoms with Crippen molar-refractivity contribution in [3.8, 4) is 0 Å². The molecule has 190 valence electrons. The molecule has 3 aromatic carbocycles. The Bertz CT molecular complexity index is 1200. The van der Waals surface area contributed by atoms with Gasteiger partial charge in [-0.3, -0.25) is 9.59 Å². The Kier molecular flexibility index (Phi) is 9.28. The number of amides is 2. The molecule has 1 fully saturated rings. The minimum Gasteiger partial charge on any atom is -0.352 e. The van der Waals surface area contributed by atoms with Crippen molar-refractivity contribution in [3.05, 3.63) is 81.8 Å². The molecule has 0 aromatic heterocycles. The minimum absolute atomic E-state index is 0.0420. The van der Waals surface area contributed by atoms with Gasteiger partial charge in [-0.05, 0) is 59.7 Å². The maximum absolute atomic E-state index is 13.7. The van der Waals surface area contributed by atoms with E-state index in [1.54, 1.807) is 17.0 Å². The van der Waals surface area contributed by atoms with Crippen LogP contribution >= 0.6 is 23.2 Å². The van der Waals surface area contributed by atoms with Crippen LogP contribution in [0.5, 0.6) is 0 Å². The van der Waals surface area contributed by atoms with Gasteiger partial charge in [0.05, 0.1) is 10.0 Å². The number of benzene rings is 3. The Morgan fingerprint density at radius 3 is 2.47 bits per heavy atom. The average molecular weight is 526 g/mol. The summed E-state index contributed by atoms with van der Waals surface area (Å²) in [5.41, 5.74) is 1.99. The summed E-state index contributed by atoms with van der Waals surface area (Å²) in [5, 5.41) is 6.46. The quantitative estimate of drug-likeness (QED) is 0.318. The molecule has 2 amide bonds. The molecule has 1 aliphatic carbocycles. The first kappa shape index (κ1) is 26.5. The molecule has 0 bridgehead atoms. The number of fused-ring (bicyclic) bond motifs is 1. The summed E-state index contributed by atoms with van der Waals surface area (Å²) in [6, 6.07) is 19.4. The van der Waals surface area contributed by atoms with E-state index in [0.29, 0.717) is 35.9 Å². The van der Waals surface area contributed by atoms with Gasteiger partial charge in [0.15, 0.2) is 0 Å². The Labute approximate surface area is 224 Å². The van der Waals surface area contributed by atoms with Crippen LogP contribution in [0.2, 0.25) is 10.0 Å². The van der Waals surface area contributed by atoms with Gasteiger partial charge in [0.2, 0.25) is 11.8 Å². The van der Waals surface area contributed by atoms with Gasteiger partial charge in [-0.25, -0.2) is 0 Å². The number of nitrogens with one attached hydrogen (secondary N) is 1. The molecule has 1 unspecified atom stereocenters. The lowest BCUT2D eigenvalue weighted by atomic mass is 9.95. The molecule has 0 radical (unpaired) electrons. The van der Waals surface area contributed by atoms with Crippen molar-refractivity contribution < 1.29 is 9.59 Å². The maximum Gasteiger partial charge on any atom is 0.243 e. The predicted molar refractivity (Wildman–Crippen MR) is 148 cm³/mol. The van der Waals surface area contributed by atoms with E-state index in [2.05, 4.69) is 29.6 Å². The smallest absolute Gasteiger partial charge is 0.243 e. The second kappa shape index (κ2) is 12.6. The van der Waals surface area contributed by atoms with Gasteiger partial charge in [0.1, 0.15) is 6.04 Å². The van der Waals surface area contributed by atoms with Crippen LogP contribution in [0.4, 0.5) is 0 Å². The standard InChI is InChI=1S/C30H34Cl2N2O2/c1-2-28(30(36)33-24-12-4-3-5-13-24)34(20-21-15-17-26(31)27(32)19-21)29(35)18-16-23-11-8-10-22-9-6-7-14-25(22)23/h6-11,14-15,17,19,24,28H,2-5,12-13,16,18,20H2,1H3,(H,33,36). The Morgan fingerprint density at radius 1 is 0.972 bits per heavy atom. The van der Waals surface area contributed by atoms with E-state index in [0.717, 1.165) is 47.6 Å². The van der Waals surface area contributed by atoms with Crippen molar-refractivity contribution in [2.45, 2.75) is 76.9 Å². The van der Waals surface area contributed by atoms with Crippen molar-refractivity contribution in [1.82, 2.24) is 10.2 Å². The first-order chi connectivity index (χ1) is 17.5. The highest BCUT2D eigenvalue weighted by Crippen LogP contribution is 2.26. The van der Waals surface area contributed by atoms with Gasteiger partial charge in [0.25, 0.3) is 0 Å². The van der Waals surface area contributed by atoms with Crippen molar-refractivity contribution in [3.63, 3.8) is 0 Å². The zero-order chi connectivity index (χ0) is 25.5. The van der Waals surface area contributed by atoms with E-state index in [1.165, 1.54) is 6.42 Å². The van der Waals surface area contributed by atoms with Crippen LogP contribution in [0.15, 0.2) is 60.7 Å². The molecule has 6 heteroatoms. The lowest BCUT2D eigenvalue weighted by Crippen LogP contribution is -2.51. The SMILES string of the molecule is CCC(C(=O)NC1CCCCC1)N(Cc1ccc(Cl)c(Cl)c1)C(=O)CCc1cccc2ccccc12. The fourth-order valence-electron chi connectivity index (χ4n) is 5.19. The van der Waals surface area contributed by atoms with Gasteiger partial charge in [-0.15, -0.1) is 0 Å². The lowest BCUT2D eigenvalue weighted by Gasteiger charge is -2.33. The molecule has 4 nitrogen and oxygen atoms in total. The lowest BCUT2D eigenvalue weighted by molar-refractivity contribution is -0.141. The fourth-order valence-corrected chi connectivity index (χ4v) is 5.51. The van der Waals surface area contributed by atoms with Gasteiger partial charge in [-0.1, -0.05) is 97.9 Å². The van der Waals surface area contributed by atoms with Crippen molar-refractivity contribution in [2.24, 2.45) is 0 Å². The average Bonchev–Trinajstić information content (AvgIpc) is 2.89. The molecular weight excluding hydrogens is 491 g/mol. The highest BCUT2D eigenvalue weighted by atomic mass is 35.5. The molecule has 0 spiro atoms. The third kappa shape index (κ3) is 6.60. The molecule has 4 rings (SSSR count). The molecule has 1 atom stereocenters. The molecular formula is C30H34Cl2N2O2. The molecule has 0 aliphatic heterocycles. The van der Waals surface area contributed by atoms with Crippen molar-refractivity contribution in [2.75, 3.05) is 0 Å². The highest BCUT2D eigenvalue weighted by Gasteiger charge is 2.30. The summed E-state index contributed by atoms with van der Waals surface area (Å²) in [6.45, 7) is 2.27. The fraction of sp³-hybridized carbons (Fsp3) is 0.400. The summed E-state index contributed by atoms with van der Waals surface area (Å²) in [6.07, 6.45) is 6.98. The number of carbonyl (C=O) groups is 2. The minimum atomic E-state index is -0.540. The van der Waals surface area contributed by atoms with Crippen LogP contribution in [-0.2, 0) is 22.6 Å². The maximum atomic E-state index is 13.7. The number of rotatable bonds is 9. The van der Waals surface area contributed by atoms with E-state index in [9.17, 15) is 9.59 Å². The summed E-state index contributed by atoms with van der Waals surface area (Å²) in [7, 11) is 0. The van der Waals surface area contributed by atoms with Gasteiger partial charge < -0.3 is 10.2 Å². The molecule has 3 aromatic rings. The van der Waals surface area contributed by atoms with Crippen LogP contribution in [0.1, 0.15) is 63.0 Å². The molecule has 0 heterocycles. The first-order valence-corrected chi connectivity index (χ1v) is 13.7. The molecule has 1 aliphatic rings. The van der Waals surface area contributed by atoms with E-state index in [4.69, 9.17) is 23.2 Å². The van der Waals surface area contributed by atoms with Crippen molar-refractivity contribution >= 4 is 45.8 Å². The van der Waals surface area contributed by atoms with Crippen LogP contribution in [0, 0.1) is 0 Å². The van der Waals surface area contributed by atoms with E-state index in [1.807, 2.05) is 31.2 Å². The molecule has 1 N–H and O–H groups in total. The Morgan fingerprint density at radius 2 is 1.72 bits per heavy atom. The first-order valence-electron chi connectivity index (χ1n) is 13.0. The predicted octanol–water partition coefficient (Wildman–Crippen LogP) is 7.34. The van der Waals surface area contributed by atoms with Crippen LogP contribution in [-0.4, -0.2) is 28.8 Å². The summed E-state index contributed by atoms with van der Waals surface area (Å²) >= 11 is 12.4. The monoisotopic (exact) mass is 524 g/mol. The highest BCUT2D eigenvalue weighted by molar-refractivity contribution is 6.42. The summed E-state index contributed by atoms with van der Waals surface area (Å²) in [5.74, 6) is -0.109. The van der Waals surface area contributed by atoms with Crippen LogP contribution < -0.4 is 5.32 Å². The zero-order valence-electron chi connectivity index (χ0n) is 20.8. The zero-order valence-corrected chi connectivity index (χ0v) is 22.3. The normalized spacial score (nSPS) is 15.0. The van der Waals surface area contributed by atoms with E-state index < -0.39 is 6.04 Å². The number of carbonyl (C=O) groups excluding carboxylic acids is 2. The Hall–Kier alpha value is -2.56. The number of nitrogens with zero attached hydrogens (tertiary/aromatic N) is 1. The van der Waals surface area contributed by atoms with Gasteiger partial charge in [0, 0.05) is 19.0 Å². The second-order valence-electron chi connectivity index (χ2n) is 9.68. The van der Waals surface area contributed by atoms with Gasteiger partial charge >= 0.3 is 0 Å². The molecule has 1 saturated carbocycles. The summed E-state index contributed by atoms with van der Waals surface area (Å²) < 4.78 is 0. The summed E-state index contributed by atoms with van der Waals surface area (Å²) in [4.78, 5) is 28.8.